The minimum atomic E-state index is -3.35. The van der Waals surface area contributed by atoms with E-state index in [1.54, 1.807) is 0 Å². The molecule has 826 valence electrons. The van der Waals surface area contributed by atoms with E-state index in [0.29, 0.717) is 0 Å². The zero-order valence-electron chi connectivity index (χ0n) is 76.6. The number of amides is 5. The minimum Gasteiger partial charge on any atom is -0.477 e. The van der Waals surface area contributed by atoms with Crippen molar-refractivity contribution in [2.45, 2.75) is 384 Å². The van der Waals surface area contributed by atoms with Crippen molar-refractivity contribution < 1.29 is 292 Å². The van der Waals surface area contributed by atoms with Crippen LogP contribution in [0.5, 0.6) is 0 Å². The molecule has 0 bridgehead atoms. The number of aliphatic hydroxyl groups is 31. The van der Waals surface area contributed by atoms with Crippen LogP contribution in [-0.2, 0) is 128 Å². The topological polar surface area (TPSA) is 1000 Å². The van der Waals surface area contributed by atoms with Crippen LogP contribution in [0, 0.1) is 0 Å². The highest BCUT2D eigenvalue weighted by Crippen LogP contribution is 2.44. The lowest BCUT2D eigenvalue weighted by Gasteiger charge is -2.51. The molecule has 0 spiro atoms. The maximum absolute atomic E-state index is 13.3. The van der Waals surface area contributed by atoms with Gasteiger partial charge in [0.2, 0.25) is 29.5 Å². The van der Waals surface area contributed by atoms with Gasteiger partial charge in [0, 0.05) is 41.0 Å². The molecule has 11 rings (SSSR count). The molecule has 0 saturated carbocycles. The number of aliphatic carboxylic acids is 1. The zero-order chi connectivity index (χ0) is 106. The van der Waals surface area contributed by atoms with Crippen LogP contribution in [0.4, 0.5) is 0 Å². The Balaban J connectivity index is 0.905. The minimum absolute atomic E-state index is 0.830. The molecule has 11 fully saturated rings. The Morgan fingerprint density at radius 2 is 0.566 bits per heavy atom. The van der Waals surface area contributed by atoms with Crippen molar-refractivity contribution in [2.24, 2.45) is 0 Å². The summed E-state index contributed by atoms with van der Waals surface area (Å²) in [7, 11) is 0. The number of carboxylic acids is 1. The molecule has 11 aliphatic rings. The predicted octanol–water partition coefficient (Wildman–Crippen LogP) is -25.1. The summed E-state index contributed by atoms with van der Waals surface area (Å²) in [5, 5.41) is 372. The third-order valence-corrected chi connectivity index (χ3v) is 26.0. The first-order valence-electron chi connectivity index (χ1n) is 45.3. The van der Waals surface area contributed by atoms with E-state index in [1.165, 1.54) is 0 Å². The van der Waals surface area contributed by atoms with Gasteiger partial charge in [-0.2, -0.15) is 0 Å². The van der Waals surface area contributed by atoms with Crippen molar-refractivity contribution in [1.82, 2.24) is 26.6 Å². The second-order valence-electron chi connectivity index (χ2n) is 35.9. The van der Waals surface area contributed by atoms with Crippen LogP contribution in [0.3, 0.4) is 0 Å². The third kappa shape index (κ3) is 26.0. The maximum Gasteiger partial charge on any atom is 0.364 e. The second kappa shape index (κ2) is 51.2. The van der Waals surface area contributed by atoms with E-state index in [0.717, 1.165) is 34.6 Å². The van der Waals surface area contributed by atoms with Crippen molar-refractivity contribution in [3.05, 3.63) is 0 Å². The summed E-state index contributed by atoms with van der Waals surface area (Å²) < 4.78 is 125. The first-order chi connectivity index (χ1) is 67.5. The Kier molecular flexibility index (Phi) is 42.3. The summed E-state index contributed by atoms with van der Waals surface area (Å²) in [6.45, 7) is -8.76. The van der Waals surface area contributed by atoms with Crippen molar-refractivity contribution in [3.63, 3.8) is 0 Å². The van der Waals surface area contributed by atoms with Crippen LogP contribution in [0.15, 0.2) is 0 Å². The molecule has 0 aromatic rings. The number of aliphatic hydroxyl groups excluding tert-OH is 31. The molecule has 5 amide bonds. The highest BCUT2D eigenvalue weighted by molar-refractivity contribution is 5.77. The summed E-state index contributed by atoms with van der Waals surface area (Å²) in [4.78, 5) is 77.6. The molecule has 56 atom stereocenters. The Morgan fingerprint density at radius 3 is 0.951 bits per heavy atom. The highest BCUT2D eigenvalue weighted by atomic mass is 16.8. The molecule has 11 heterocycles. The molecule has 11 saturated heterocycles. The number of rotatable bonds is 39. The molecule has 64 nitrogen and oxygen atoms in total. The Bertz CT molecular complexity index is 4030. The fourth-order valence-corrected chi connectivity index (χ4v) is 18.5. The van der Waals surface area contributed by atoms with Crippen molar-refractivity contribution >= 4 is 35.5 Å². The molecule has 37 N–H and O–H groups in total. The molecule has 0 aromatic carbocycles. The van der Waals surface area contributed by atoms with Crippen LogP contribution >= 0.6 is 0 Å². The molecule has 0 radical (unpaired) electrons. The first kappa shape index (κ1) is 118. The number of carboxylic acid groups (broad SMARTS) is 1. The van der Waals surface area contributed by atoms with Gasteiger partial charge in [0.25, 0.3) is 5.79 Å². The van der Waals surface area contributed by atoms with E-state index in [-0.39, 0.29) is 0 Å². The van der Waals surface area contributed by atoms with Crippen LogP contribution < -0.4 is 26.6 Å². The van der Waals surface area contributed by atoms with Gasteiger partial charge >= 0.3 is 5.97 Å². The van der Waals surface area contributed by atoms with Gasteiger partial charge in [-0.15, -0.1) is 0 Å². The van der Waals surface area contributed by atoms with E-state index in [9.17, 15) is 192 Å². The molecule has 64 heteroatoms. The number of carbonyl (C=O) groups is 6. The monoisotopic (exact) mass is 2090 g/mol. The average Bonchev–Trinajstić information content (AvgIpc) is 0.746. The Hall–Kier alpha value is -5.26. The van der Waals surface area contributed by atoms with E-state index in [1.807, 2.05) is 0 Å². The predicted molar refractivity (Wildman–Crippen MR) is 438 cm³/mol. The lowest BCUT2D eigenvalue weighted by molar-refractivity contribution is -0.401. The number of hydrogen-bond acceptors (Lipinski definition) is 58. The summed E-state index contributed by atoms with van der Waals surface area (Å²) in [6, 6.07) is -9.74. The zero-order valence-corrected chi connectivity index (χ0v) is 76.6. The molecule has 11 aliphatic heterocycles. The average molecular weight is 2090 g/mol. The largest absolute Gasteiger partial charge is 0.477 e. The van der Waals surface area contributed by atoms with Gasteiger partial charge in [0.05, 0.1) is 84.8 Å². The maximum atomic E-state index is 13.3. The molecule has 0 aromatic heterocycles. The molecular weight excluding hydrogens is 1960 g/mol. The van der Waals surface area contributed by atoms with Crippen molar-refractivity contribution in [3.8, 4) is 0 Å². The molecule has 143 heavy (non-hydrogen) atoms. The summed E-state index contributed by atoms with van der Waals surface area (Å²) in [5.74, 6) is -10.4. The number of hydrogen-bond donors (Lipinski definition) is 37. The quantitative estimate of drug-likeness (QED) is 0.0272. The highest BCUT2D eigenvalue weighted by Gasteiger charge is 2.65. The van der Waals surface area contributed by atoms with Crippen molar-refractivity contribution in [1.29, 1.82) is 0 Å². The standard InChI is InChI=1S/C79H131N5O59/c1-18(95)80-35-23(100)6-79(78(121)122,142-62(35)40(102)24(101)7-85)143-65-45(107)29(12-90)127-75(57(65)119)137-61-33(16-94)132-71(39(50(61)112)84-22(5)99)141-67-53(115)43(105)27(10-88)129-77(67)139-64-46(108)34(133-74(56(64)118)136-60-31(14-92)130-69(37(48(60)110)82-20(3)97)134-58-30(13-91)124-68(120)36(47(58)109)81-19(2)96)17-123-76-66(52(114)42(104)26(9-87)128-76)140-70-38(83-21(4)98)49(111)59(32(15-93)131-70)135-73-55(117)63(44(106)28(11-89)126-73)138-72-54(116)51(113)41(103)25(8-86)125-72/h23-77,85-94,100-120H,6-17H2,1-5H3,(H,80,95)(H,81,96)(H,82,97)(H,83,98)(H,84,99)(H,121,122)/t23-,24+,25+,26+,27+,28+,29+,30+,31+,32+,33+,34+,35+,36+,37+,38+,39+,40+,41-,42+,43+,44-,45-,46+,47+,48+,49+,50+,51-,52-,53-,54+,55+,56-,57+,58+,59+,60+,61+,62+,63-,64-,65-,66-,67-,68+,69-,70-,71-,72+,73-,74-,75-,76-,77+,79-/m0/s1. The smallest absolute Gasteiger partial charge is 0.364 e. The van der Waals surface area contributed by atoms with Gasteiger partial charge in [0.15, 0.2) is 62.9 Å². The van der Waals surface area contributed by atoms with Crippen LogP contribution in [0.25, 0.3) is 0 Å². The van der Waals surface area contributed by atoms with Crippen LogP contribution in [0.2, 0.25) is 0 Å². The van der Waals surface area contributed by atoms with Gasteiger partial charge < -0.3 is 289 Å². The number of ether oxygens (including phenoxy) is 21. The summed E-state index contributed by atoms with van der Waals surface area (Å²) in [6.07, 6.45) is -113. The van der Waals surface area contributed by atoms with E-state index >= 15 is 0 Å². The number of nitrogens with one attached hydrogen (secondary N) is 5. The fourth-order valence-electron chi connectivity index (χ4n) is 18.5. The Morgan fingerprint density at radius 1 is 0.287 bits per heavy atom. The van der Waals surface area contributed by atoms with Gasteiger partial charge in [0.1, 0.15) is 262 Å². The van der Waals surface area contributed by atoms with Gasteiger partial charge in [-0.05, 0) is 0 Å². The van der Waals surface area contributed by atoms with Gasteiger partial charge in [-0.1, -0.05) is 0 Å². The van der Waals surface area contributed by atoms with E-state index in [2.05, 4.69) is 26.6 Å². The van der Waals surface area contributed by atoms with Crippen LogP contribution in [0.1, 0.15) is 41.0 Å². The molecular formula is C79H131N5O59. The van der Waals surface area contributed by atoms with E-state index < -0.39 is 458 Å². The molecule has 0 unspecified atom stereocenters. The first-order valence-corrected chi connectivity index (χ1v) is 45.3. The SMILES string of the molecule is CC(=O)N[C@@H]1[C@@H](O)[C@H](O[C@@H]2O[C@H](CO)[C@@H](O[C@@H]3O[C@H](CO[C@H]4O[C@H](CO)[C@@H](O)[C@H](O)[C@@H]4O[C@@H]4O[C@H](CO)[C@@H](O[C@@H]5O[C@H](CO)[C@H](O)[C@H](O[C@H]6O[C@H](CO)[C@H](O)[C@H](O)[C@H]6O)[C@H]5O)[C@H](O)[C@H]4NC(C)=O)[C@@H](O)[C@H](O[C@H]4O[C@H](CO)[C@@H](O)[C@H](O)[C@@H]4O[C@@H]4O[C@H](CO)[C@@H](O[C@@H]5O[C@H](CO)[C@H](O)[C@H](O[C@]6(C(=O)O)C[C@H](O)[C@@H](NC(C)=O)[C@H]([C@H](O)[C@H](O)CO)O6)[C@H]5O)[C@H](O)[C@H]4NC(C)=O)[C@@H]3O)[C@H](O)[C@H]2NC(C)=O)[C@@H](CO)O[C@H]1O. The molecule has 0 aliphatic carbocycles. The number of carbonyl (C=O) groups excluding carboxylic acids is 5. The normalized spacial score (nSPS) is 47.8. The summed E-state index contributed by atoms with van der Waals surface area (Å²) in [5.41, 5.74) is 0. The van der Waals surface area contributed by atoms with Crippen LogP contribution in [-0.4, -0.2) is 615 Å². The van der Waals surface area contributed by atoms with Crippen molar-refractivity contribution in [2.75, 3.05) is 72.7 Å². The van der Waals surface area contributed by atoms with Gasteiger partial charge in [-0.3, -0.25) is 24.0 Å². The van der Waals surface area contributed by atoms with Gasteiger partial charge in [-0.25, -0.2) is 4.79 Å². The summed E-state index contributed by atoms with van der Waals surface area (Å²) >= 11 is 0. The fraction of sp³-hybridized carbons (Fsp3) is 0.924. The lowest BCUT2D eigenvalue weighted by atomic mass is 9.88. The van der Waals surface area contributed by atoms with E-state index in [4.69, 9.17) is 99.5 Å². The third-order valence-electron chi connectivity index (χ3n) is 26.0. The Labute approximate surface area is 808 Å². The lowest BCUT2D eigenvalue weighted by Crippen LogP contribution is -2.71. The second-order valence-corrected chi connectivity index (χ2v) is 35.9.